The predicted molar refractivity (Wildman–Crippen MR) is 80.0 cm³/mol. The Balaban J connectivity index is 1.98. The summed E-state index contributed by atoms with van der Waals surface area (Å²) in [4.78, 5) is 15.4. The van der Waals surface area contributed by atoms with Gasteiger partial charge >= 0.3 is 6.09 Å². The number of para-hydroxylation sites is 1. The second kappa shape index (κ2) is 7.99. The summed E-state index contributed by atoms with van der Waals surface area (Å²) in [6, 6.07) is 11.5. The standard InChI is InChI=1S/C16H19N3O2/c1-2-3-7-12-21-16(20)18-14-10-11-19(17-13-14)15-8-5-4-6-9-15/h4-6,8-11,13H,2-3,7,12H2,1H3/b18-14+. The molecule has 1 aromatic heterocycles. The monoisotopic (exact) mass is 285 g/mol. The van der Waals surface area contributed by atoms with Crippen LogP contribution < -0.4 is 5.36 Å². The Hall–Kier alpha value is -2.43. The molecule has 0 aliphatic rings. The van der Waals surface area contributed by atoms with Crippen LogP contribution in [0.5, 0.6) is 0 Å². The highest BCUT2D eigenvalue weighted by molar-refractivity contribution is 5.68. The van der Waals surface area contributed by atoms with Gasteiger partial charge in [-0.2, -0.15) is 10.1 Å². The lowest BCUT2D eigenvalue weighted by Crippen LogP contribution is -2.12. The molecule has 0 atom stereocenters. The van der Waals surface area contributed by atoms with Gasteiger partial charge in [-0.15, -0.1) is 0 Å². The Bertz CT molecular complexity index is 615. The minimum Gasteiger partial charge on any atom is -0.448 e. The number of aromatic nitrogens is 2. The molecule has 0 unspecified atom stereocenters. The summed E-state index contributed by atoms with van der Waals surface area (Å²) < 4.78 is 6.74. The van der Waals surface area contributed by atoms with Crippen LogP contribution in [-0.4, -0.2) is 22.5 Å². The van der Waals surface area contributed by atoms with Gasteiger partial charge < -0.3 is 4.74 Å². The molecular weight excluding hydrogens is 266 g/mol. The predicted octanol–water partition coefficient (Wildman–Crippen LogP) is 3.10. The van der Waals surface area contributed by atoms with Crippen LogP contribution in [0.1, 0.15) is 26.2 Å². The fourth-order valence-electron chi connectivity index (χ4n) is 1.80. The molecule has 110 valence electrons. The van der Waals surface area contributed by atoms with Gasteiger partial charge in [0, 0.05) is 6.20 Å². The molecule has 0 fully saturated rings. The van der Waals surface area contributed by atoms with Gasteiger partial charge in [-0.1, -0.05) is 38.0 Å². The van der Waals surface area contributed by atoms with Crippen molar-refractivity contribution in [1.29, 1.82) is 0 Å². The van der Waals surface area contributed by atoms with E-state index in [0.29, 0.717) is 12.0 Å². The molecular formula is C16H19N3O2. The second-order valence-electron chi connectivity index (χ2n) is 4.60. The molecule has 0 saturated heterocycles. The van der Waals surface area contributed by atoms with Crippen molar-refractivity contribution >= 4 is 6.09 Å². The zero-order valence-electron chi connectivity index (χ0n) is 12.1. The van der Waals surface area contributed by atoms with Gasteiger partial charge in [0.15, 0.2) is 0 Å². The number of carbonyl (C=O) groups is 1. The van der Waals surface area contributed by atoms with E-state index in [1.807, 2.05) is 30.3 Å². The van der Waals surface area contributed by atoms with E-state index >= 15 is 0 Å². The van der Waals surface area contributed by atoms with Crippen LogP contribution in [0.25, 0.3) is 5.69 Å². The molecule has 0 saturated carbocycles. The first-order valence-corrected chi connectivity index (χ1v) is 7.11. The number of benzene rings is 1. The van der Waals surface area contributed by atoms with Crippen LogP contribution in [0.4, 0.5) is 4.79 Å². The van der Waals surface area contributed by atoms with Gasteiger partial charge in [0.1, 0.15) is 0 Å². The van der Waals surface area contributed by atoms with E-state index in [9.17, 15) is 4.79 Å². The molecule has 0 radical (unpaired) electrons. The first kappa shape index (κ1) is 15.0. The largest absolute Gasteiger partial charge is 0.448 e. The van der Waals surface area contributed by atoms with Crippen molar-refractivity contribution in [3.8, 4) is 5.69 Å². The Kier molecular flexibility index (Phi) is 5.70. The van der Waals surface area contributed by atoms with Crippen LogP contribution in [0.3, 0.4) is 0 Å². The highest BCUT2D eigenvalue weighted by Crippen LogP contribution is 2.02. The van der Waals surface area contributed by atoms with E-state index in [4.69, 9.17) is 4.74 Å². The third kappa shape index (κ3) is 4.87. The van der Waals surface area contributed by atoms with Crippen molar-refractivity contribution in [3.63, 3.8) is 0 Å². The number of rotatable bonds is 5. The normalized spacial score (nSPS) is 11.4. The van der Waals surface area contributed by atoms with Gasteiger partial charge in [0.05, 0.1) is 23.8 Å². The Morgan fingerprint density at radius 1 is 1.24 bits per heavy atom. The summed E-state index contributed by atoms with van der Waals surface area (Å²) in [7, 11) is 0. The average molecular weight is 285 g/mol. The third-order valence-corrected chi connectivity index (χ3v) is 2.92. The first-order chi connectivity index (χ1) is 10.3. The summed E-state index contributed by atoms with van der Waals surface area (Å²) in [6.45, 7) is 2.52. The lowest BCUT2D eigenvalue weighted by atomic mass is 10.3. The summed E-state index contributed by atoms with van der Waals surface area (Å²) in [5, 5.41) is 4.72. The molecule has 21 heavy (non-hydrogen) atoms. The molecule has 5 nitrogen and oxygen atoms in total. The number of amides is 1. The van der Waals surface area contributed by atoms with Crippen LogP contribution in [-0.2, 0) is 4.74 Å². The number of ether oxygens (including phenoxy) is 1. The zero-order valence-corrected chi connectivity index (χ0v) is 12.1. The molecule has 5 heteroatoms. The molecule has 1 amide bonds. The highest BCUT2D eigenvalue weighted by Gasteiger charge is 1.99. The van der Waals surface area contributed by atoms with E-state index in [2.05, 4.69) is 17.0 Å². The van der Waals surface area contributed by atoms with E-state index in [1.54, 1.807) is 23.1 Å². The fourth-order valence-corrected chi connectivity index (χ4v) is 1.80. The Morgan fingerprint density at radius 3 is 2.71 bits per heavy atom. The Morgan fingerprint density at radius 2 is 2.05 bits per heavy atom. The van der Waals surface area contributed by atoms with Crippen LogP contribution in [0, 0.1) is 0 Å². The molecule has 2 rings (SSSR count). The maximum absolute atomic E-state index is 11.5. The maximum atomic E-state index is 11.5. The number of hydrogen-bond donors (Lipinski definition) is 0. The summed E-state index contributed by atoms with van der Waals surface area (Å²) >= 11 is 0. The van der Waals surface area contributed by atoms with Crippen molar-refractivity contribution in [3.05, 3.63) is 54.1 Å². The van der Waals surface area contributed by atoms with Gasteiger partial charge in [0.25, 0.3) is 0 Å². The van der Waals surface area contributed by atoms with E-state index < -0.39 is 6.09 Å². The minimum absolute atomic E-state index is 0.417. The van der Waals surface area contributed by atoms with Gasteiger partial charge in [0.2, 0.25) is 0 Å². The zero-order chi connectivity index (χ0) is 14.9. The molecule has 2 aromatic rings. The summed E-state index contributed by atoms with van der Waals surface area (Å²) in [5.41, 5.74) is 0.950. The summed E-state index contributed by atoms with van der Waals surface area (Å²) in [5.74, 6) is 0. The molecule has 0 spiro atoms. The molecule has 1 aromatic carbocycles. The fraction of sp³-hybridized carbons (Fsp3) is 0.312. The highest BCUT2D eigenvalue weighted by atomic mass is 16.5. The quantitative estimate of drug-likeness (QED) is 0.793. The lowest BCUT2D eigenvalue weighted by Gasteiger charge is -2.03. The Labute approximate surface area is 123 Å². The van der Waals surface area contributed by atoms with Gasteiger partial charge in [-0.05, 0) is 24.6 Å². The van der Waals surface area contributed by atoms with Crippen LogP contribution >= 0.6 is 0 Å². The molecule has 0 aliphatic heterocycles. The van der Waals surface area contributed by atoms with Crippen molar-refractivity contribution in [2.75, 3.05) is 6.61 Å². The van der Waals surface area contributed by atoms with Crippen molar-refractivity contribution in [1.82, 2.24) is 9.78 Å². The number of hydrogen-bond acceptors (Lipinski definition) is 3. The minimum atomic E-state index is -0.564. The number of carbonyl (C=O) groups excluding carboxylic acids is 1. The second-order valence-corrected chi connectivity index (χ2v) is 4.60. The maximum Gasteiger partial charge on any atom is 0.434 e. The van der Waals surface area contributed by atoms with Crippen molar-refractivity contribution in [2.24, 2.45) is 4.99 Å². The van der Waals surface area contributed by atoms with Crippen LogP contribution in [0.2, 0.25) is 0 Å². The van der Waals surface area contributed by atoms with E-state index in [0.717, 1.165) is 24.9 Å². The van der Waals surface area contributed by atoms with E-state index in [1.165, 1.54) is 0 Å². The number of unbranched alkanes of at least 4 members (excludes halogenated alkanes) is 2. The third-order valence-electron chi connectivity index (χ3n) is 2.92. The SMILES string of the molecule is CCCCCOC(=O)/N=c1\ccn(-c2ccccc2)nc1. The average Bonchev–Trinajstić information content (AvgIpc) is 2.53. The number of nitrogens with zero attached hydrogens (tertiary/aromatic N) is 3. The van der Waals surface area contributed by atoms with Gasteiger partial charge in [-0.25, -0.2) is 9.48 Å². The first-order valence-electron chi connectivity index (χ1n) is 7.11. The molecule has 1 heterocycles. The smallest absolute Gasteiger partial charge is 0.434 e. The molecule has 0 bridgehead atoms. The topological polar surface area (TPSA) is 56.5 Å². The van der Waals surface area contributed by atoms with Crippen molar-refractivity contribution in [2.45, 2.75) is 26.2 Å². The lowest BCUT2D eigenvalue weighted by molar-refractivity contribution is 0.154. The summed E-state index contributed by atoms with van der Waals surface area (Å²) in [6.07, 6.45) is 5.76. The van der Waals surface area contributed by atoms with Crippen molar-refractivity contribution < 1.29 is 9.53 Å². The molecule has 0 N–H and O–H groups in total. The van der Waals surface area contributed by atoms with E-state index in [-0.39, 0.29) is 0 Å². The van der Waals surface area contributed by atoms with Crippen LogP contribution in [0.15, 0.2) is 53.8 Å². The van der Waals surface area contributed by atoms with Gasteiger partial charge in [-0.3, -0.25) is 0 Å². The molecule has 0 aliphatic carbocycles.